The van der Waals surface area contributed by atoms with Crippen LogP contribution in [0.1, 0.15) is 38.1 Å². The molecule has 4 heteroatoms. The molecule has 0 amide bonds. The number of hydrogen-bond donors (Lipinski definition) is 2. The van der Waals surface area contributed by atoms with Gasteiger partial charge in [-0.2, -0.15) is 0 Å². The van der Waals surface area contributed by atoms with Crippen molar-refractivity contribution in [2.45, 2.75) is 45.8 Å². The molecule has 0 aromatic carbocycles. The summed E-state index contributed by atoms with van der Waals surface area (Å²) >= 11 is 0. The molecule has 0 saturated heterocycles. The summed E-state index contributed by atoms with van der Waals surface area (Å²) in [6.45, 7) is 7.07. The normalized spacial score (nSPS) is 12.0. The van der Waals surface area contributed by atoms with Gasteiger partial charge in [0.25, 0.3) is 0 Å². The van der Waals surface area contributed by atoms with Gasteiger partial charge in [0.05, 0.1) is 17.8 Å². The van der Waals surface area contributed by atoms with Gasteiger partial charge in [0.2, 0.25) is 0 Å². The van der Waals surface area contributed by atoms with Crippen molar-refractivity contribution in [1.82, 2.24) is 10.5 Å². The zero-order chi connectivity index (χ0) is 11.3. The first kappa shape index (κ1) is 12.2. The Kier molecular flexibility index (Phi) is 4.29. The van der Waals surface area contributed by atoms with Crippen LogP contribution < -0.4 is 5.32 Å². The van der Waals surface area contributed by atoms with Crippen LogP contribution in [0.2, 0.25) is 0 Å². The van der Waals surface area contributed by atoms with Crippen molar-refractivity contribution in [3.63, 3.8) is 0 Å². The summed E-state index contributed by atoms with van der Waals surface area (Å²) in [6, 6.07) is 1.89. The molecule has 0 aliphatic heterocycles. The molecular weight excluding hydrogens is 192 g/mol. The van der Waals surface area contributed by atoms with Gasteiger partial charge in [-0.25, -0.2) is 0 Å². The molecule has 1 rings (SSSR count). The maximum absolute atomic E-state index is 10.0. The van der Waals surface area contributed by atoms with Crippen molar-refractivity contribution in [2.75, 3.05) is 6.54 Å². The van der Waals surface area contributed by atoms with Crippen LogP contribution in [-0.4, -0.2) is 22.4 Å². The van der Waals surface area contributed by atoms with Gasteiger partial charge in [-0.15, -0.1) is 0 Å². The van der Waals surface area contributed by atoms with Crippen LogP contribution >= 0.6 is 0 Å². The molecule has 2 N–H and O–H groups in total. The van der Waals surface area contributed by atoms with E-state index in [0.29, 0.717) is 13.1 Å². The Bertz CT molecular complexity index is 293. The third-order valence-electron chi connectivity index (χ3n) is 2.75. The van der Waals surface area contributed by atoms with E-state index in [9.17, 15) is 5.11 Å². The Morgan fingerprint density at radius 3 is 2.60 bits per heavy atom. The predicted molar refractivity (Wildman–Crippen MR) is 58.5 cm³/mol. The van der Waals surface area contributed by atoms with E-state index in [2.05, 4.69) is 10.5 Å². The van der Waals surface area contributed by atoms with E-state index in [4.69, 9.17) is 4.52 Å². The number of nitrogens with zero attached hydrogens (tertiary/aromatic N) is 1. The van der Waals surface area contributed by atoms with E-state index < -0.39 is 5.60 Å². The summed E-state index contributed by atoms with van der Waals surface area (Å²) in [6.07, 6.45) is 1.51. The van der Waals surface area contributed by atoms with Gasteiger partial charge in [-0.3, -0.25) is 0 Å². The monoisotopic (exact) mass is 212 g/mol. The second-order valence-corrected chi connectivity index (χ2v) is 3.97. The molecule has 0 saturated carbocycles. The lowest BCUT2D eigenvalue weighted by atomic mass is 9.98. The number of aryl methyl sites for hydroxylation is 1. The van der Waals surface area contributed by atoms with Crippen LogP contribution in [-0.2, 0) is 6.54 Å². The van der Waals surface area contributed by atoms with Crippen molar-refractivity contribution in [3.8, 4) is 0 Å². The standard InChI is InChI=1S/C11H20N2O2/c1-4-11(14,5-2)8-12-7-10-6-9(3)13-15-10/h6,12,14H,4-5,7-8H2,1-3H3. The van der Waals surface area contributed by atoms with E-state index in [0.717, 1.165) is 24.3 Å². The molecule has 1 aromatic heterocycles. The topological polar surface area (TPSA) is 58.3 Å². The van der Waals surface area contributed by atoms with Gasteiger partial charge >= 0.3 is 0 Å². The maximum Gasteiger partial charge on any atom is 0.150 e. The molecule has 15 heavy (non-hydrogen) atoms. The van der Waals surface area contributed by atoms with Crippen molar-refractivity contribution in [2.24, 2.45) is 0 Å². The van der Waals surface area contributed by atoms with Crippen LogP contribution in [0.15, 0.2) is 10.6 Å². The second kappa shape index (κ2) is 5.28. The van der Waals surface area contributed by atoms with Gasteiger partial charge in [-0.1, -0.05) is 19.0 Å². The third kappa shape index (κ3) is 3.64. The lowest BCUT2D eigenvalue weighted by Gasteiger charge is -2.25. The maximum atomic E-state index is 10.0. The largest absolute Gasteiger partial charge is 0.389 e. The summed E-state index contributed by atoms with van der Waals surface area (Å²) in [5.41, 5.74) is 0.280. The van der Waals surface area contributed by atoms with Gasteiger partial charge in [0, 0.05) is 12.6 Å². The van der Waals surface area contributed by atoms with E-state index in [-0.39, 0.29) is 0 Å². The highest BCUT2D eigenvalue weighted by atomic mass is 16.5. The first-order valence-corrected chi connectivity index (χ1v) is 5.45. The highest BCUT2D eigenvalue weighted by Gasteiger charge is 2.21. The summed E-state index contributed by atoms with van der Waals surface area (Å²) in [4.78, 5) is 0. The van der Waals surface area contributed by atoms with Crippen LogP contribution in [0, 0.1) is 6.92 Å². The predicted octanol–water partition coefficient (Wildman–Crippen LogP) is 1.62. The second-order valence-electron chi connectivity index (χ2n) is 3.97. The molecular formula is C11H20N2O2. The van der Waals surface area contributed by atoms with E-state index >= 15 is 0 Å². The van der Waals surface area contributed by atoms with E-state index in [1.807, 2.05) is 26.8 Å². The van der Waals surface area contributed by atoms with Crippen molar-refractivity contribution in [1.29, 1.82) is 0 Å². The Morgan fingerprint density at radius 2 is 2.13 bits per heavy atom. The highest BCUT2D eigenvalue weighted by molar-refractivity contribution is 5.02. The van der Waals surface area contributed by atoms with Crippen molar-refractivity contribution in [3.05, 3.63) is 17.5 Å². The molecule has 0 bridgehead atoms. The first-order valence-electron chi connectivity index (χ1n) is 5.45. The Balaban J connectivity index is 2.32. The highest BCUT2D eigenvalue weighted by Crippen LogP contribution is 2.13. The van der Waals surface area contributed by atoms with E-state index in [1.165, 1.54) is 0 Å². The quantitative estimate of drug-likeness (QED) is 0.752. The number of aliphatic hydroxyl groups is 1. The van der Waals surface area contributed by atoms with Gasteiger partial charge in [0.1, 0.15) is 0 Å². The minimum Gasteiger partial charge on any atom is -0.389 e. The van der Waals surface area contributed by atoms with Crippen molar-refractivity contribution >= 4 is 0 Å². The molecule has 86 valence electrons. The summed E-state index contributed by atoms with van der Waals surface area (Å²) in [7, 11) is 0. The molecule has 4 nitrogen and oxygen atoms in total. The smallest absolute Gasteiger partial charge is 0.150 e. The SMILES string of the molecule is CCC(O)(CC)CNCc1cc(C)no1. The molecule has 1 aromatic rings. The summed E-state index contributed by atoms with van der Waals surface area (Å²) in [5.74, 6) is 0.807. The average molecular weight is 212 g/mol. The van der Waals surface area contributed by atoms with Crippen LogP contribution in [0.25, 0.3) is 0 Å². The van der Waals surface area contributed by atoms with Crippen molar-refractivity contribution < 1.29 is 9.63 Å². The van der Waals surface area contributed by atoms with Gasteiger partial charge < -0.3 is 14.9 Å². The number of nitrogens with one attached hydrogen (secondary N) is 1. The van der Waals surface area contributed by atoms with Crippen LogP contribution in [0.3, 0.4) is 0 Å². The number of hydrogen-bond acceptors (Lipinski definition) is 4. The van der Waals surface area contributed by atoms with Gasteiger partial charge in [-0.05, 0) is 19.8 Å². The molecule has 0 fully saturated rings. The van der Waals surface area contributed by atoms with Crippen LogP contribution in [0.5, 0.6) is 0 Å². The Hall–Kier alpha value is -0.870. The minimum atomic E-state index is -0.602. The molecule has 0 radical (unpaired) electrons. The Morgan fingerprint density at radius 1 is 1.47 bits per heavy atom. The molecule has 0 atom stereocenters. The fourth-order valence-corrected chi connectivity index (χ4v) is 1.42. The van der Waals surface area contributed by atoms with E-state index in [1.54, 1.807) is 0 Å². The lowest BCUT2D eigenvalue weighted by Crippen LogP contribution is -2.39. The molecule has 1 heterocycles. The van der Waals surface area contributed by atoms with Gasteiger partial charge in [0.15, 0.2) is 5.76 Å². The molecule has 0 spiro atoms. The Labute approximate surface area is 90.7 Å². The molecule has 0 aliphatic carbocycles. The first-order chi connectivity index (χ1) is 7.09. The fraction of sp³-hybridized carbons (Fsp3) is 0.727. The number of aromatic nitrogens is 1. The summed E-state index contributed by atoms with van der Waals surface area (Å²) < 4.78 is 5.05. The van der Waals surface area contributed by atoms with Crippen LogP contribution in [0.4, 0.5) is 0 Å². The number of rotatable bonds is 6. The summed E-state index contributed by atoms with van der Waals surface area (Å²) in [5, 5.41) is 17.0. The lowest BCUT2D eigenvalue weighted by molar-refractivity contribution is 0.0318. The average Bonchev–Trinajstić information content (AvgIpc) is 2.64. The molecule has 0 unspecified atom stereocenters. The zero-order valence-electron chi connectivity index (χ0n) is 9.71. The third-order valence-corrected chi connectivity index (χ3v) is 2.75. The molecule has 0 aliphatic rings. The fourth-order valence-electron chi connectivity index (χ4n) is 1.42. The zero-order valence-corrected chi connectivity index (χ0v) is 9.71. The minimum absolute atomic E-state index is 0.583.